The Bertz CT molecular complexity index is 5000. The Kier molecular flexibility index (Phi) is 13.2. The minimum absolute atomic E-state index is 0.523. The fraction of sp³-hybridized carbons (Fsp3) is 0. The van der Waals surface area contributed by atoms with Crippen LogP contribution < -0.4 is 41.5 Å². The van der Waals surface area contributed by atoms with Gasteiger partial charge in [-0.2, -0.15) is 15.0 Å². The zero-order valence-corrected chi connectivity index (χ0v) is 50.1. The van der Waals surface area contributed by atoms with E-state index in [1.165, 1.54) is 52.6 Å². The highest BCUT2D eigenvalue weighted by atomic mass is 28.3. The molecule has 0 bridgehead atoms. The molecular formula is C81H57N5Si2. The van der Waals surface area contributed by atoms with Crippen LogP contribution in [-0.4, -0.2) is 40.2 Å². The Balaban J connectivity index is 1.08. The molecule has 0 aliphatic rings. The van der Waals surface area contributed by atoms with Gasteiger partial charge in [0.05, 0.1) is 22.1 Å². The van der Waals surface area contributed by atoms with Gasteiger partial charge >= 0.3 is 0 Å². The number of benzene rings is 13. The smallest absolute Gasteiger partial charge is 0.240 e. The normalized spacial score (nSPS) is 11.9. The maximum Gasteiger partial charge on any atom is 0.240 e. The largest absolute Gasteiger partial charge is 0.278 e. The highest BCUT2D eigenvalue weighted by molar-refractivity contribution is 7.22. The van der Waals surface area contributed by atoms with Gasteiger partial charge in [-0.3, -0.25) is 9.13 Å². The van der Waals surface area contributed by atoms with Crippen LogP contribution in [0.1, 0.15) is 0 Å². The summed E-state index contributed by atoms with van der Waals surface area (Å²) in [5.74, 6) is 1.62. The summed E-state index contributed by atoms with van der Waals surface area (Å²) >= 11 is 0. The second-order valence-corrected chi connectivity index (χ2v) is 30.3. The summed E-state index contributed by atoms with van der Waals surface area (Å²) in [5, 5.41) is 14.5. The zero-order valence-electron chi connectivity index (χ0n) is 48.1. The van der Waals surface area contributed by atoms with Gasteiger partial charge in [-0.15, -0.1) is 0 Å². The van der Waals surface area contributed by atoms with Crippen molar-refractivity contribution in [2.75, 3.05) is 0 Å². The predicted molar refractivity (Wildman–Crippen MR) is 372 cm³/mol. The summed E-state index contributed by atoms with van der Waals surface area (Å²) in [5.41, 5.74) is 9.56. The molecule has 7 heteroatoms. The molecule has 0 atom stereocenters. The summed E-state index contributed by atoms with van der Waals surface area (Å²) in [7, 11) is -6.72. The average molecular weight is 1160 g/mol. The van der Waals surface area contributed by atoms with Crippen LogP contribution in [0.4, 0.5) is 0 Å². The van der Waals surface area contributed by atoms with Gasteiger partial charge in [0, 0.05) is 27.1 Å². The molecule has 0 amide bonds. The van der Waals surface area contributed by atoms with Crippen molar-refractivity contribution < 1.29 is 0 Å². The second-order valence-electron chi connectivity index (χ2n) is 22.7. The molecule has 0 aliphatic carbocycles. The molecule has 3 heterocycles. The minimum Gasteiger partial charge on any atom is -0.278 e. The molecule has 414 valence electrons. The molecule has 0 unspecified atom stereocenters. The molecule has 0 saturated heterocycles. The highest BCUT2D eigenvalue weighted by Crippen LogP contribution is 2.37. The Morgan fingerprint density at radius 2 is 0.500 bits per heavy atom. The average Bonchev–Trinajstić information content (AvgIpc) is 1.09. The first-order chi connectivity index (χ1) is 43.6. The molecule has 0 N–H and O–H groups in total. The van der Waals surface area contributed by atoms with Crippen LogP contribution in [0.25, 0.3) is 89.2 Å². The number of para-hydroxylation sites is 3. The van der Waals surface area contributed by atoms with Crippen LogP contribution in [0.3, 0.4) is 0 Å². The molecule has 13 aromatic carbocycles. The van der Waals surface area contributed by atoms with E-state index < -0.39 is 16.1 Å². The highest BCUT2D eigenvalue weighted by Gasteiger charge is 2.46. The van der Waals surface area contributed by atoms with Crippen molar-refractivity contribution in [3.8, 4) is 45.5 Å². The van der Waals surface area contributed by atoms with Crippen LogP contribution in [-0.2, 0) is 0 Å². The molecule has 16 aromatic rings. The zero-order chi connectivity index (χ0) is 58.4. The third kappa shape index (κ3) is 8.70. The SMILES string of the molecule is c1ccc(-c2cccc([Si](c3ccccc3)(c3ccccc3)c3cc(-c4nc(-n5c6ccccc6c6ccccc65)nc(-n5c6ccccc6c6cc(-c7ccccc7)ccc65)n4)cc([Si](c4ccccc4)(c4ccccc4)c4ccccc4)c3)c2)cc1. The first-order valence-corrected chi connectivity index (χ1v) is 34.1. The van der Waals surface area contributed by atoms with Crippen LogP contribution in [0, 0.1) is 0 Å². The van der Waals surface area contributed by atoms with E-state index in [1.807, 2.05) is 0 Å². The van der Waals surface area contributed by atoms with Crippen LogP contribution >= 0.6 is 0 Å². The van der Waals surface area contributed by atoms with Gasteiger partial charge in [0.15, 0.2) is 22.0 Å². The van der Waals surface area contributed by atoms with Gasteiger partial charge in [-0.25, -0.2) is 0 Å². The standard InChI is InChI=1S/C81H57N5Si2/c1-8-29-58(30-9-1)60-33-28-44-68(53-60)88(66-40-18-6-19-41-66,67-42-20-7-21-43-67)70-55-62(54-69(57-70)87(63-34-12-3-13-35-63,64-36-14-4-15-37-64)65-38-16-5-17-39-65)79-82-80(85-75-48-25-22-45-71(75)72-46-23-26-49-76(72)85)84-81(83-79)86-77-50-27-24-47-73(77)74-56-61(51-52-78(74)86)59-31-10-2-11-32-59/h1-57H. The molecule has 5 nitrogen and oxygen atoms in total. The van der Waals surface area contributed by atoms with E-state index in [1.54, 1.807) is 0 Å². The number of hydrogen-bond acceptors (Lipinski definition) is 3. The lowest BCUT2D eigenvalue weighted by molar-refractivity contribution is 0.893. The van der Waals surface area contributed by atoms with Crippen molar-refractivity contribution in [2.24, 2.45) is 0 Å². The molecular weight excluding hydrogens is 1100 g/mol. The number of fused-ring (bicyclic) bond motifs is 6. The van der Waals surface area contributed by atoms with E-state index in [0.29, 0.717) is 17.7 Å². The molecule has 0 spiro atoms. The summed E-state index contributed by atoms with van der Waals surface area (Å²) in [6, 6.07) is 127. The van der Waals surface area contributed by atoms with Crippen molar-refractivity contribution in [2.45, 2.75) is 0 Å². The molecule has 0 aliphatic heterocycles. The maximum absolute atomic E-state index is 5.89. The topological polar surface area (TPSA) is 48.5 Å². The van der Waals surface area contributed by atoms with Gasteiger partial charge in [0.1, 0.15) is 0 Å². The van der Waals surface area contributed by atoms with Crippen molar-refractivity contribution in [1.29, 1.82) is 0 Å². The monoisotopic (exact) mass is 1160 g/mol. The van der Waals surface area contributed by atoms with Crippen molar-refractivity contribution >= 4 is 101 Å². The van der Waals surface area contributed by atoms with E-state index in [0.717, 1.165) is 60.3 Å². The number of hydrogen-bond donors (Lipinski definition) is 0. The maximum atomic E-state index is 5.89. The molecule has 0 fully saturated rings. The quantitative estimate of drug-likeness (QED) is 0.0854. The Morgan fingerprint density at radius 3 is 0.920 bits per heavy atom. The van der Waals surface area contributed by atoms with Gasteiger partial charge in [-0.05, 0) is 94.1 Å². The van der Waals surface area contributed by atoms with Gasteiger partial charge < -0.3 is 0 Å². The molecule has 3 aromatic heterocycles. The van der Waals surface area contributed by atoms with Crippen LogP contribution in [0.5, 0.6) is 0 Å². The van der Waals surface area contributed by atoms with Gasteiger partial charge in [-0.1, -0.05) is 315 Å². The lowest BCUT2D eigenvalue weighted by Crippen LogP contribution is -2.78. The Hall–Kier alpha value is -11.1. The van der Waals surface area contributed by atoms with Crippen molar-refractivity contribution in [3.05, 3.63) is 346 Å². The van der Waals surface area contributed by atoms with E-state index in [-0.39, 0.29) is 0 Å². The van der Waals surface area contributed by atoms with Crippen molar-refractivity contribution in [1.82, 2.24) is 24.1 Å². The van der Waals surface area contributed by atoms with Crippen LogP contribution in [0.15, 0.2) is 346 Å². The van der Waals surface area contributed by atoms with Gasteiger partial charge in [0.25, 0.3) is 0 Å². The summed E-state index contributed by atoms with van der Waals surface area (Å²) in [6.45, 7) is 0. The number of nitrogens with zero attached hydrogens (tertiary/aromatic N) is 5. The first kappa shape index (κ1) is 52.5. The summed E-state index contributed by atoms with van der Waals surface area (Å²) < 4.78 is 4.50. The Labute approximate surface area is 513 Å². The Morgan fingerprint density at radius 1 is 0.193 bits per heavy atom. The fourth-order valence-electron chi connectivity index (χ4n) is 14.0. The van der Waals surface area contributed by atoms with Crippen molar-refractivity contribution in [3.63, 3.8) is 0 Å². The lowest BCUT2D eigenvalue weighted by Gasteiger charge is -2.38. The summed E-state index contributed by atoms with van der Waals surface area (Å²) in [6.07, 6.45) is 0. The fourth-order valence-corrected chi connectivity index (χ4v) is 23.8. The third-order valence-electron chi connectivity index (χ3n) is 17.9. The predicted octanol–water partition coefficient (Wildman–Crippen LogP) is 13.8. The van der Waals surface area contributed by atoms with Crippen LogP contribution in [0.2, 0.25) is 0 Å². The number of aromatic nitrogens is 5. The lowest BCUT2D eigenvalue weighted by atomic mass is 10.0. The second kappa shape index (κ2) is 22.1. The van der Waals surface area contributed by atoms with E-state index >= 15 is 0 Å². The molecule has 88 heavy (non-hydrogen) atoms. The van der Waals surface area contributed by atoms with E-state index in [4.69, 9.17) is 15.0 Å². The van der Waals surface area contributed by atoms with E-state index in [2.05, 4.69) is 355 Å². The number of rotatable bonds is 13. The first-order valence-electron chi connectivity index (χ1n) is 30.1. The summed E-state index contributed by atoms with van der Waals surface area (Å²) in [4.78, 5) is 17.5. The van der Waals surface area contributed by atoms with Gasteiger partial charge in [0.2, 0.25) is 11.9 Å². The molecule has 16 rings (SSSR count). The minimum atomic E-state index is -3.41. The third-order valence-corrected chi connectivity index (χ3v) is 27.3. The molecule has 0 radical (unpaired) electrons. The molecule has 0 saturated carbocycles. The van der Waals surface area contributed by atoms with E-state index in [9.17, 15) is 0 Å².